The van der Waals surface area contributed by atoms with Crippen LogP contribution in [-0.2, 0) is 31.8 Å². The molecule has 0 aliphatic carbocycles. The number of allylic oxidation sites excluding steroid dienone is 1. The van der Waals surface area contributed by atoms with Crippen molar-refractivity contribution in [1.29, 1.82) is 0 Å². The number of benzene rings is 3. The van der Waals surface area contributed by atoms with Crippen molar-refractivity contribution in [1.82, 2.24) is 4.57 Å². The predicted molar refractivity (Wildman–Crippen MR) is 193 cm³/mol. The van der Waals surface area contributed by atoms with E-state index in [4.69, 9.17) is 14.5 Å². The van der Waals surface area contributed by atoms with Crippen molar-refractivity contribution >= 4 is 41.1 Å². The lowest BCUT2D eigenvalue weighted by atomic mass is 9.78. The number of hydrogen-bond donors (Lipinski definition) is 0. The van der Waals surface area contributed by atoms with Crippen molar-refractivity contribution < 1.29 is 19.1 Å². The van der Waals surface area contributed by atoms with Gasteiger partial charge in [0.15, 0.2) is 4.80 Å². The Labute approximate surface area is 290 Å². The Morgan fingerprint density at radius 2 is 1.56 bits per heavy atom. The van der Waals surface area contributed by atoms with E-state index in [1.807, 2.05) is 79.1 Å². The van der Waals surface area contributed by atoms with Crippen molar-refractivity contribution in [2.75, 3.05) is 6.26 Å². The third-order valence-corrected chi connectivity index (χ3v) is 9.88. The second kappa shape index (κ2) is 13.7. The van der Waals surface area contributed by atoms with Gasteiger partial charge >= 0.3 is 11.9 Å². The van der Waals surface area contributed by atoms with Gasteiger partial charge in [0.1, 0.15) is 12.4 Å². The molecule has 1 aromatic heterocycles. The predicted octanol–water partition coefficient (Wildman–Crippen LogP) is 7.22. The van der Waals surface area contributed by atoms with Gasteiger partial charge in [0.25, 0.3) is 5.56 Å². The van der Waals surface area contributed by atoms with Gasteiger partial charge in [0, 0.05) is 22.9 Å². The van der Waals surface area contributed by atoms with Crippen LogP contribution in [0.4, 0.5) is 0 Å². The molecule has 2 heterocycles. The highest BCUT2D eigenvalue weighted by molar-refractivity contribution is 7.98. The zero-order chi connectivity index (χ0) is 35.0. The molecule has 4 aromatic rings. The van der Waals surface area contributed by atoms with Gasteiger partial charge in [-0.2, -0.15) is 0 Å². The lowest BCUT2D eigenvalue weighted by Crippen LogP contribution is -2.39. The highest BCUT2D eigenvalue weighted by Gasteiger charge is 2.34. The van der Waals surface area contributed by atoms with Crippen molar-refractivity contribution in [3.8, 4) is 5.75 Å². The molecule has 48 heavy (non-hydrogen) atoms. The number of esters is 2. The summed E-state index contributed by atoms with van der Waals surface area (Å²) in [5, 5.41) is 0. The summed E-state index contributed by atoms with van der Waals surface area (Å²) in [6, 6.07) is 20.7. The summed E-state index contributed by atoms with van der Waals surface area (Å²) in [4.78, 5) is 46.7. The fourth-order valence-corrected chi connectivity index (χ4v) is 7.19. The van der Waals surface area contributed by atoms with E-state index in [1.54, 1.807) is 23.3 Å². The number of thiazole rings is 1. The first kappa shape index (κ1) is 35.1. The molecule has 0 saturated carbocycles. The summed E-state index contributed by atoms with van der Waals surface area (Å²) in [6.45, 7) is 15.7. The number of carbonyl (C=O) groups is 2. The second-order valence-corrected chi connectivity index (χ2v) is 15.8. The highest BCUT2D eigenvalue weighted by atomic mass is 32.2. The fourth-order valence-electron chi connectivity index (χ4n) is 5.74. The summed E-state index contributed by atoms with van der Waals surface area (Å²) < 4.78 is 13.7. The first-order valence-electron chi connectivity index (χ1n) is 15.8. The molecule has 1 aliphatic heterocycles. The molecule has 1 aliphatic rings. The van der Waals surface area contributed by atoms with Crippen LogP contribution in [0.5, 0.6) is 5.75 Å². The lowest BCUT2D eigenvalue weighted by Gasteiger charge is -2.29. The van der Waals surface area contributed by atoms with E-state index in [1.165, 1.54) is 18.3 Å². The Morgan fingerprint density at radius 1 is 0.958 bits per heavy atom. The largest absolute Gasteiger partial charge is 0.457 e. The average Bonchev–Trinajstić information content (AvgIpc) is 3.32. The molecular formula is C39H42N2O5S2. The van der Waals surface area contributed by atoms with Crippen molar-refractivity contribution in [2.24, 2.45) is 4.99 Å². The SMILES string of the molecule is CSc1ccc(C2C(C(=O)OCc3ccccc3)=C(C)N=c3sc(=Cc4cc(C(C)(C)C)c(OC(C)=O)c(C(C)(C)C)c4)c(=O)n32)cc1. The minimum absolute atomic E-state index is 0.106. The number of ether oxygens (including phenoxy) is 2. The molecule has 1 unspecified atom stereocenters. The Bertz CT molecular complexity index is 2040. The number of carbonyl (C=O) groups excluding carboxylic acids is 2. The monoisotopic (exact) mass is 682 g/mol. The third-order valence-electron chi connectivity index (χ3n) is 8.16. The van der Waals surface area contributed by atoms with Gasteiger partial charge in [0.05, 0.1) is 21.8 Å². The van der Waals surface area contributed by atoms with E-state index in [9.17, 15) is 14.4 Å². The summed E-state index contributed by atoms with van der Waals surface area (Å²) >= 11 is 2.90. The molecule has 7 nitrogen and oxygen atoms in total. The quantitative estimate of drug-likeness (QED) is 0.116. The van der Waals surface area contributed by atoms with E-state index < -0.39 is 12.0 Å². The van der Waals surface area contributed by atoms with Gasteiger partial charge in [-0.1, -0.05) is 95.3 Å². The minimum atomic E-state index is -0.718. The maximum atomic E-state index is 14.4. The Morgan fingerprint density at radius 3 is 2.10 bits per heavy atom. The molecule has 9 heteroatoms. The molecule has 250 valence electrons. The van der Waals surface area contributed by atoms with Crippen LogP contribution >= 0.6 is 23.1 Å². The van der Waals surface area contributed by atoms with Crippen LogP contribution in [0.15, 0.2) is 92.7 Å². The number of thioether (sulfide) groups is 1. The number of rotatable bonds is 7. The van der Waals surface area contributed by atoms with Crippen LogP contribution in [0.25, 0.3) is 6.08 Å². The van der Waals surface area contributed by atoms with Gasteiger partial charge in [-0.25, -0.2) is 9.79 Å². The Hall–Kier alpha value is -4.21. The smallest absolute Gasteiger partial charge is 0.338 e. The Balaban J connectivity index is 1.68. The first-order chi connectivity index (χ1) is 22.6. The van der Waals surface area contributed by atoms with Crippen molar-refractivity contribution in [3.63, 3.8) is 0 Å². The van der Waals surface area contributed by atoms with E-state index in [0.29, 0.717) is 26.4 Å². The summed E-state index contributed by atoms with van der Waals surface area (Å²) in [5.41, 5.74) is 4.10. The molecule has 3 aromatic carbocycles. The molecule has 5 rings (SSSR count). The van der Waals surface area contributed by atoms with Crippen molar-refractivity contribution in [3.05, 3.63) is 126 Å². The molecule has 0 fully saturated rings. The standard InChI is InChI=1S/C39H42N2O5S2/c1-23-32(36(44)45-22-25-13-11-10-12-14-25)33(27-15-17-28(47-9)18-16-27)41-35(43)31(48-37(41)40-23)21-26-19-29(38(3,4)5)34(46-24(2)42)30(20-26)39(6,7)8/h10-21,33H,22H2,1-9H3. The van der Waals surface area contributed by atoms with Crippen LogP contribution < -0.4 is 19.6 Å². The molecule has 0 saturated heterocycles. The van der Waals surface area contributed by atoms with Gasteiger partial charge in [-0.15, -0.1) is 11.8 Å². The average molecular weight is 683 g/mol. The molecular weight excluding hydrogens is 641 g/mol. The van der Waals surface area contributed by atoms with Crippen LogP contribution in [0.2, 0.25) is 0 Å². The number of nitrogens with zero attached hydrogens (tertiary/aromatic N) is 2. The third kappa shape index (κ3) is 7.42. The van der Waals surface area contributed by atoms with Gasteiger partial charge in [0.2, 0.25) is 0 Å². The lowest BCUT2D eigenvalue weighted by molar-refractivity contribution is -0.141. The van der Waals surface area contributed by atoms with E-state index >= 15 is 0 Å². The molecule has 1 atom stereocenters. The van der Waals surface area contributed by atoms with E-state index in [2.05, 4.69) is 41.5 Å². The zero-order valence-electron chi connectivity index (χ0n) is 29.0. The molecule has 0 bridgehead atoms. The van der Waals surface area contributed by atoms with Crippen LogP contribution in [-0.4, -0.2) is 22.8 Å². The molecule has 0 radical (unpaired) electrons. The second-order valence-electron chi connectivity index (χ2n) is 14.0. The number of hydrogen-bond acceptors (Lipinski definition) is 8. The molecule has 0 N–H and O–H groups in total. The Kier molecular flexibility index (Phi) is 10.0. The van der Waals surface area contributed by atoms with Gasteiger partial charge < -0.3 is 9.47 Å². The van der Waals surface area contributed by atoms with Crippen LogP contribution in [0.3, 0.4) is 0 Å². The topological polar surface area (TPSA) is 87.0 Å². The normalized spacial score (nSPS) is 15.2. The van der Waals surface area contributed by atoms with Gasteiger partial charge in [-0.05, 0) is 71.0 Å². The van der Waals surface area contributed by atoms with Crippen LogP contribution in [0.1, 0.15) is 89.2 Å². The van der Waals surface area contributed by atoms with Crippen LogP contribution in [0, 0.1) is 0 Å². The van der Waals surface area contributed by atoms with Gasteiger partial charge in [-0.3, -0.25) is 14.2 Å². The fraction of sp³-hybridized carbons (Fsp3) is 0.333. The minimum Gasteiger partial charge on any atom is -0.457 e. The number of fused-ring (bicyclic) bond motifs is 1. The van der Waals surface area contributed by atoms with Crippen molar-refractivity contribution in [2.45, 2.75) is 83.8 Å². The maximum Gasteiger partial charge on any atom is 0.338 e. The summed E-state index contributed by atoms with van der Waals surface area (Å²) in [5.74, 6) is -0.339. The summed E-state index contributed by atoms with van der Waals surface area (Å²) in [6.07, 6.45) is 3.87. The zero-order valence-corrected chi connectivity index (χ0v) is 30.6. The van der Waals surface area contributed by atoms with E-state index in [0.717, 1.165) is 32.7 Å². The highest BCUT2D eigenvalue weighted by Crippen LogP contribution is 2.41. The first-order valence-corrected chi connectivity index (χ1v) is 17.9. The molecule has 0 spiro atoms. The number of aromatic nitrogens is 1. The molecule has 0 amide bonds. The van der Waals surface area contributed by atoms with E-state index in [-0.39, 0.29) is 29.0 Å². The maximum absolute atomic E-state index is 14.4. The summed E-state index contributed by atoms with van der Waals surface area (Å²) in [7, 11) is 0.